The summed E-state index contributed by atoms with van der Waals surface area (Å²) in [6.45, 7) is 0. The Kier molecular flexibility index (Phi) is 4.52. The molecule has 0 amide bonds. The Labute approximate surface area is 115 Å². The predicted octanol–water partition coefficient (Wildman–Crippen LogP) is 2.32. The summed E-state index contributed by atoms with van der Waals surface area (Å²) < 4.78 is 2.97. The standard InChI is InChI=1S/C13H17BrN4/c1-18-12(7-8-16-18)5-6-13(17-15)10-3-2-4-11(14)9-10/h2-4,7-9,13,17H,5-6,15H2,1H3. The van der Waals surface area contributed by atoms with Gasteiger partial charge < -0.3 is 0 Å². The number of hydrogen-bond donors (Lipinski definition) is 2. The van der Waals surface area contributed by atoms with Crippen LogP contribution in [0.2, 0.25) is 0 Å². The number of hydrogen-bond acceptors (Lipinski definition) is 3. The third-order valence-corrected chi connectivity index (χ3v) is 3.56. The smallest absolute Gasteiger partial charge is 0.0492 e. The van der Waals surface area contributed by atoms with E-state index in [1.807, 2.05) is 36.1 Å². The van der Waals surface area contributed by atoms with Gasteiger partial charge in [-0.25, -0.2) is 0 Å². The summed E-state index contributed by atoms with van der Waals surface area (Å²) in [4.78, 5) is 0. The molecule has 0 aliphatic carbocycles. The summed E-state index contributed by atoms with van der Waals surface area (Å²) in [5.74, 6) is 5.64. The van der Waals surface area contributed by atoms with E-state index >= 15 is 0 Å². The van der Waals surface area contributed by atoms with Crippen LogP contribution in [0.5, 0.6) is 0 Å². The second-order valence-electron chi connectivity index (χ2n) is 4.26. The van der Waals surface area contributed by atoms with E-state index in [0.29, 0.717) is 0 Å². The first-order valence-electron chi connectivity index (χ1n) is 5.89. The van der Waals surface area contributed by atoms with Crippen LogP contribution >= 0.6 is 15.9 Å². The zero-order valence-electron chi connectivity index (χ0n) is 10.3. The summed E-state index contributed by atoms with van der Waals surface area (Å²) in [5, 5.41) is 4.16. The highest BCUT2D eigenvalue weighted by Gasteiger charge is 2.11. The molecule has 2 rings (SSSR count). The normalized spacial score (nSPS) is 12.6. The Balaban J connectivity index is 2.04. The van der Waals surface area contributed by atoms with Crippen molar-refractivity contribution in [2.75, 3.05) is 0 Å². The van der Waals surface area contributed by atoms with Crippen LogP contribution in [0.3, 0.4) is 0 Å². The minimum absolute atomic E-state index is 0.150. The number of halogens is 1. The van der Waals surface area contributed by atoms with Gasteiger partial charge >= 0.3 is 0 Å². The fourth-order valence-corrected chi connectivity index (χ4v) is 2.43. The van der Waals surface area contributed by atoms with Crippen LogP contribution in [-0.4, -0.2) is 9.78 Å². The maximum absolute atomic E-state index is 5.64. The molecule has 0 saturated carbocycles. The summed E-state index contributed by atoms with van der Waals surface area (Å²) in [5.41, 5.74) is 5.28. The molecular formula is C13H17BrN4. The largest absolute Gasteiger partial charge is 0.273 e. The summed E-state index contributed by atoms with van der Waals surface area (Å²) in [6, 6.07) is 10.4. The van der Waals surface area contributed by atoms with Gasteiger partial charge in [0.2, 0.25) is 0 Å². The molecule has 96 valence electrons. The Bertz CT molecular complexity index is 509. The molecule has 1 atom stereocenters. The van der Waals surface area contributed by atoms with Crippen molar-refractivity contribution < 1.29 is 0 Å². The van der Waals surface area contributed by atoms with Gasteiger partial charge in [0.05, 0.1) is 0 Å². The molecule has 0 aliphatic heterocycles. The van der Waals surface area contributed by atoms with Crippen LogP contribution < -0.4 is 11.3 Å². The lowest BCUT2D eigenvalue weighted by Gasteiger charge is -2.16. The van der Waals surface area contributed by atoms with Crippen molar-refractivity contribution in [2.24, 2.45) is 12.9 Å². The number of nitrogens with one attached hydrogen (secondary N) is 1. The molecule has 0 aliphatic rings. The van der Waals surface area contributed by atoms with E-state index in [1.54, 1.807) is 0 Å². The van der Waals surface area contributed by atoms with Crippen LogP contribution in [0.1, 0.15) is 23.7 Å². The molecule has 2 aromatic rings. The highest BCUT2D eigenvalue weighted by atomic mass is 79.9. The van der Waals surface area contributed by atoms with E-state index in [2.05, 4.69) is 38.6 Å². The minimum atomic E-state index is 0.150. The number of nitrogens with two attached hydrogens (primary N) is 1. The first-order valence-corrected chi connectivity index (χ1v) is 6.68. The Hall–Kier alpha value is -1.17. The molecule has 3 N–H and O–H groups in total. The van der Waals surface area contributed by atoms with E-state index in [9.17, 15) is 0 Å². The fourth-order valence-electron chi connectivity index (χ4n) is 2.01. The summed E-state index contributed by atoms with van der Waals surface area (Å²) in [7, 11) is 1.96. The maximum Gasteiger partial charge on any atom is 0.0492 e. The Morgan fingerprint density at radius 2 is 2.28 bits per heavy atom. The fraction of sp³-hybridized carbons (Fsp3) is 0.308. The topological polar surface area (TPSA) is 55.9 Å². The van der Waals surface area contributed by atoms with Crippen LogP contribution in [-0.2, 0) is 13.5 Å². The van der Waals surface area contributed by atoms with Crippen molar-refractivity contribution >= 4 is 15.9 Å². The van der Waals surface area contributed by atoms with E-state index < -0.39 is 0 Å². The lowest BCUT2D eigenvalue weighted by atomic mass is 10.0. The molecule has 1 aromatic heterocycles. The lowest BCUT2D eigenvalue weighted by Crippen LogP contribution is -2.28. The van der Waals surface area contributed by atoms with Crippen LogP contribution in [0.4, 0.5) is 0 Å². The molecule has 0 radical (unpaired) electrons. The van der Waals surface area contributed by atoms with E-state index in [0.717, 1.165) is 17.3 Å². The first-order chi connectivity index (χ1) is 8.70. The number of hydrazine groups is 1. The number of benzene rings is 1. The van der Waals surface area contributed by atoms with Crippen molar-refractivity contribution in [3.63, 3.8) is 0 Å². The zero-order valence-corrected chi connectivity index (χ0v) is 11.9. The van der Waals surface area contributed by atoms with E-state index in [4.69, 9.17) is 5.84 Å². The number of rotatable bonds is 5. The summed E-state index contributed by atoms with van der Waals surface area (Å²) in [6.07, 6.45) is 3.70. The van der Waals surface area contributed by atoms with Crippen molar-refractivity contribution in [2.45, 2.75) is 18.9 Å². The lowest BCUT2D eigenvalue weighted by molar-refractivity contribution is 0.506. The number of aryl methyl sites for hydroxylation is 2. The SMILES string of the molecule is Cn1nccc1CCC(NN)c1cccc(Br)c1. The van der Waals surface area contributed by atoms with Gasteiger partial charge in [-0.2, -0.15) is 5.10 Å². The van der Waals surface area contributed by atoms with Gasteiger partial charge in [0.1, 0.15) is 0 Å². The molecule has 0 bridgehead atoms. The summed E-state index contributed by atoms with van der Waals surface area (Å²) >= 11 is 3.48. The highest BCUT2D eigenvalue weighted by Crippen LogP contribution is 2.21. The highest BCUT2D eigenvalue weighted by molar-refractivity contribution is 9.10. The molecule has 0 saturated heterocycles. The molecule has 18 heavy (non-hydrogen) atoms. The van der Waals surface area contributed by atoms with Gasteiger partial charge in [0.15, 0.2) is 0 Å². The average molecular weight is 309 g/mol. The van der Waals surface area contributed by atoms with E-state index in [-0.39, 0.29) is 6.04 Å². The molecule has 5 heteroatoms. The van der Waals surface area contributed by atoms with Crippen molar-refractivity contribution in [1.29, 1.82) is 0 Å². The molecule has 1 aromatic carbocycles. The van der Waals surface area contributed by atoms with Gasteiger partial charge in [-0.1, -0.05) is 28.1 Å². The van der Waals surface area contributed by atoms with Gasteiger partial charge in [0, 0.05) is 29.5 Å². The second kappa shape index (κ2) is 6.13. The van der Waals surface area contributed by atoms with Gasteiger partial charge in [-0.3, -0.25) is 16.0 Å². The molecule has 4 nitrogen and oxygen atoms in total. The second-order valence-corrected chi connectivity index (χ2v) is 5.17. The zero-order chi connectivity index (χ0) is 13.0. The van der Waals surface area contributed by atoms with Crippen molar-refractivity contribution in [3.8, 4) is 0 Å². The predicted molar refractivity (Wildman–Crippen MR) is 75.7 cm³/mol. The maximum atomic E-state index is 5.64. The van der Waals surface area contributed by atoms with Crippen LogP contribution in [0.25, 0.3) is 0 Å². The Morgan fingerprint density at radius 3 is 2.89 bits per heavy atom. The van der Waals surface area contributed by atoms with Crippen LogP contribution in [0.15, 0.2) is 41.0 Å². The van der Waals surface area contributed by atoms with Gasteiger partial charge in [0.25, 0.3) is 0 Å². The van der Waals surface area contributed by atoms with Crippen molar-refractivity contribution in [3.05, 3.63) is 52.3 Å². The number of aromatic nitrogens is 2. The molecule has 1 unspecified atom stereocenters. The average Bonchev–Trinajstić information content (AvgIpc) is 2.76. The van der Waals surface area contributed by atoms with Gasteiger partial charge in [-0.15, -0.1) is 0 Å². The molecule has 0 fully saturated rings. The number of nitrogens with zero attached hydrogens (tertiary/aromatic N) is 2. The van der Waals surface area contributed by atoms with Crippen molar-refractivity contribution in [1.82, 2.24) is 15.2 Å². The van der Waals surface area contributed by atoms with E-state index in [1.165, 1.54) is 11.3 Å². The minimum Gasteiger partial charge on any atom is -0.273 e. The molecular weight excluding hydrogens is 292 g/mol. The third kappa shape index (κ3) is 3.19. The quantitative estimate of drug-likeness (QED) is 0.658. The monoisotopic (exact) mass is 308 g/mol. The van der Waals surface area contributed by atoms with Gasteiger partial charge in [-0.05, 0) is 36.6 Å². The Morgan fingerprint density at radius 1 is 1.44 bits per heavy atom. The first kappa shape index (κ1) is 13.3. The van der Waals surface area contributed by atoms with Crippen LogP contribution in [0, 0.1) is 0 Å². The molecule has 0 spiro atoms. The third-order valence-electron chi connectivity index (χ3n) is 3.06. The molecule has 1 heterocycles.